The number of hydrogen-bond acceptors (Lipinski definition) is 5. The molecule has 2 N–H and O–H groups in total. The molecule has 2 aromatic rings. The van der Waals surface area contributed by atoms with Crippen LogP contribution in [0.15, 0.2) is 30.3 Å². The molecule has 0 radical (unpaired) electrons. The third-order valence-corrected chi connectivity index (χ3v) is 6.01. The van der Waals surface area contributed by atoms with Gasteiger partial charge in [0.15, 0.2) is 0 Å². The van der Waals surface area contributed by atoms with Crippen LogP contribution < -0.4 is 10.6 Å². The molecular weight excluding hydrogens is 328 g/mol. The summed E-state index contributed by atoms with van der Waals surface area (Å²) in [5, 5.41) is 16.6. The summed E-state index contributed by atoms with van der Waals surface area (Å²) in [5.41, 5.74) is 1.05. The SMILES string of the molecule is CS[C@@H]1CC[C@H](NC(=O)NCc2nnc(-c3ccccc3)s2)C1. The molecule has 7 heteroatoms. The van der Waals surface area contributed by atoms with Crippen LogP contribution in [0.5, 0.6) is 0 Å². The molecule has 0 spiro atoms. The lowest BCUT2D eigenvalue weighted by Crippen LogP contribution is -2.40. The quantitative estimate of drug-likeness (QED) is 0.870. The highest BCUT2D eigenvalue weighted by Crippen LogP contribution is 2.28. The predicted octanol–water partition coefficient (Wildman–Crippen LogP) is 3.29. The van der Waals surface area contributed by atoms with E-state index in [1.165, 1.54) is 17.8 Å². The van der Waals surface area contributed by atoms with Gasteiger partial charge in [0.2, 0.25) is 0 Å². The average Bonchev–Trinajstić information content (AvgIpc) is 3.23. The number of carbonyl (C=O) groups excluding carboxylic acids is 1. The minimum atomic E-state index is -0.117. The third kappa shape index (κ3) is 4.45. The Morgan fingerprint density at radius 3 is 2.87 bits per heavy atom. The summed E-state index contributed by atoms with van der Waals surface area (Å²) in [6, 6.07) is 10.1. The molecule has 0 bridgehead atoms. The van der Waals surface area contributed by atoms with E-state index in [9.17, 15) is 4.79 Å². The number of aromatic nitrogens is 2. The molecule has 1 heterocycles. The van der Waals surface area contributed by atoms with E-state index in [1.54, 1.807) is 0 Å². The summed E-state index contributed by atoms with van der Waals surface area (Å²) < 4.78 is 0. The first kappa shape index (κ1) is 16.3. The molecular formula is C16H20N4OS2. The predicted molar refractivity (Wildman–Crippen MR) is 95.7 cm³/mol. The fraction of sp³-hybridized carbons (Fsp3) is 0.438. The number of thioether (sulfide) groups is 1. The van der Waals surface area contributed by atoms with E-state index < -0.39 is 0 Å². The van der Waals surface area contributed by atoms with Gasteiger partial charge in [-0.25, -0.2) is 4.79 Å². The monoisotopic (exact) mass is 348 g/mol. The van der Waals surface area contributed by atoms with Crippen LogP contribution in [0.2, 0.25) is 0 Å². The minimum absolute atomic E-state index is 0.117. The molecule has 1 aliphatic rings. The fourth-order valence-corrected chi connectivity index (χ4v) is 4.28. The molecule has 1 aliphatic carbocycles. The van der Waals surface area contributed by atoms with E-state index in [1.807, 2.05) is 42.1 Å². The van der Waals surface area contributed by atoms with Crippen LogP contribution in [-0.4, -0.2) is 33.8 Å². The van der Waals surface area contributed by atoms with E-state index in [0.717, 1.165) is 28.4 Å². The van der Waals surface area contributed by atoms with Crippen LogP contribution in [0.3, 0.4) is 0 Å². The van der Waals surface area contributed by atoms with Crippen LogP contribution >= 0.6 is 23.1 Å². The summed E-state index contributed by atoms with van der Waals surface area (Å²) >= 11 is 3.39. The summed E-state index contributed by atoms with van der Waals surface area (Å²) in [6.45, 7) is 0.412. The molecule has 23 heavy (non-hydrogen) atoms. The number of urea groups is 1. The number of hydrogen-bond donors (Lipinski definition) is 2. The van der Waals surface area contributed by atoms with Gasteiger partial charge in [-0.2, -0.15) is 11.8 Å². The zero-order valence-electron chi connectivity index (χ0n) is 13.0. The second-order valence-corrected chi connectivity index (χ2v) is 7.76. The molecule has 0 unspecified atom stereocenters. The molecule has 2 amide bonds. The highest BCUT2D eigenvalue weighted by molar-refractivity contribution is 7.99. The first-order chi connectivity index (χ1) is 11.2. The Morgan fingerprint density at radius 1 is 1.30 bits per heavy atom. The van der Waals surface area contributed by atoms with Crippen molar-refractivity contribution >= 4 is 29.1 Å². The maximum atomic E-state index is 12.0. The highest BCUT2D eigenvalue weighted by Gasteiger charge is 2.25. The number of nitrogens with zero attached hydrogens (tertiary/aromatic N) is 2. The van der Waals surface area contributed by atoms with Crippen molar-refractivity contribution in [3.05, 3.63) is 35.3 Å². The minimum Gasteiger partial charge on any atom is -0.335 e. The molecule has 122 valence electrons. The van der Waals surface area contributed by atoms with Gasteiger partial charge in [-0.1, -0.05) is 41.7 Å². The second kappa shape index (κ2) is 7.79. The van der Waals surface area contributed by atoms with Crippen molar-refractivity contribution in [3.8, 4) is 10.6 Å². The molecule has 1 aromatic carbocycles. The van der Waals surface area contributed by atoms with E-state index >= 15 is 0 Å². The van der Waals surface area contributed by atoms with E-state index in [-0.39, 0.29) is 6.03 Å². The largest absolute Gasteiger partial charge is 0.335 e. The van der Waals surface area contributed by atoms with Crippen LogP contribution in [0.4, 0.5) is 4.79 Å². The van der Waals surface area contributed by atoms with Crippen molar-refractivity contribution in [1.29, 1.82) is 0 Å². The molecule has 1 fully saturated rings. The van der Waals surface area contributed by atoms with E-state index in [4.69, 9.17) is 0 Å². The zero-order chi connectivity index (χ0) is 16.1. The average molecular weight is 348 g/mol. The van der Waals surface area contributed by atoms with Gasteiger partial charge in [0.1, 0.15) is 10.0 Å². The van der Waals surface area contributed by atoms with E-state index in [2.05, 4.69) is 27.1 Å². The second-order valence-electron chi connectivity index (χ2n) is 5.56. The van der Waals surface area contributed by atoms with Crippen molar-refractivity contribution in [2.45, 2.75) is 37.1 Å². The lowest BCUT2D eigenvalue weighted by molar-refractivity contribution is 0.236. The Bertz CT molecular complexity index is 647. The van der Waals surface area contributed by atoms with E-state index in [0.29, 0.717) is 17.8 Å². The van der Waals surface area contributed by atoms with Gasteiger partial charge >= 0.3 is 6.03 Å². The number of carbonyl (C=O) groups is 1. The van der Waals surface area contributed by atoms with Crippen LogP contribution in [-0.2, 0) is 6.54 Å². The van der Waals surface area contributed by atoms with Crippen molar-refractivity contribution in [1.82, 2.24) is 20.8 Å². The van der Waals surface area contributed by atoms with Gasteiger partial charge in [-0.3, -0.25) is 0 Å². The van der Waals surface area contributed by atoms with Gasteiger partial charge in [0.05, 0.1) is 6.54 Å². The standard InChI is InChI=1S/C16H20N4OS2/c1-22-13-8-7-12(9-13)18-16(21)17-10-14-19-20-15(23-14)11-5-3-2-4-6-11/h2-6,12-13H,7-10H2,1H3,(H2,17,18,21)/t12-,13+/m0/s1. The first-order valence-corrected chi connectivity index (χ1v) is 9.80. The smallest absolute Gasteiger partial charge is 0.315 e. The summed E-state index contributed by atoms with van der Waals surface area (Å²) in [5.74, 6) is 0. The third-order valence-electron chi connectivity index (χ3n) is 3.94. The molecule has 1 aromatic heterocycles. The van der Waals surface area contributed by atoms with Crippen molar-refractivity contribution < 1.29 is 4.79 Å². The Labute approximate surface area is 144 Å². The number of benzene rings is 1. The Balaban J connectivity index is 1.47. The molecule has 0 saturated heterocycles. The highest BCUT2D eigenvalue weighted by atomic mass is 32.2. The van der Waals surface area contributed by atoms with Gasteiger partial charge in [0, 0.05) is 16.9 Å². The number of nitrogens with one attached hydrogen (secondary N) is 2. The van der Waals surface area contributed by atoms with Gasteiger partial charge in [-0.05, 0) is 25.5 Å². The summed E-state index contributed by atoms with van der Waals surface area (Å²) in [4.78, 5) is 12.0. The molecule has 5 nitrogen and oxygen atoms in total. The maximum absolute atomic E-state index is 12.0. The molecule has 2 atom stereocenters. The van der Waals surface area contributed by atoms with Crippen molar-refractivity contribution in [3.63, 3.8) is 0 Å². The lowest BCUT2D eigenvalue weighted by Gasteiger charge is -2.13. The summed E-state index contributed by atoms with van der Waals surface area (Å²) in [6.07, 6.45) is 5.44. The van der Waals surface area contributed by atoms with Crippen LogP contribution in [0.1, 0.15) is 24.3 Å². The normalized spacial score (nSPS) is 20.4. The Morgan fingerprint density at radius 2 is 2.13 bits per heavy atom. The molecule has 3 rings (SSSR count). The maximum Gasteiger partial charge on any atom is 0.315 e. The first-order valence-electron chi connectivity index (χ1n) is 7.69. The molecule has 0 aliphatic heterocycles. The Kier molecular flexibility index (Phi) is 5.51. The van der Waals surface area contributed by atoms with Crippen molar-refractivity contribution in [2.75, 3.05) is 6.26 Å². The van der Waals surface area contributed by atoms with Crippen molar-refractivity contribution in [2.24, 2.45) is 0 Å². The topological polar surface area (TPSA) is 66.9 Å². The van der Waals surface area contributed by atoms with Gasteiger partial charge < -0.3 is 10.6 Å². The van der Waals surface area contributed by atoms with Crippen LogP contribution in [0, 0.1) is 0 Å². The van der Waals surface area contributed by atoms with Gasteiger partial charge in [0.25, 0.3) is 0 Å². The van der Waals surface area contributed by atoms with Crippen LogP contribution in [0.25, 0.3) is 10.6 Å². The Hall–Kier alpha value is -1.60. The zero-order valence-corrected chi connectivity index (χ0v) is 14.6. The lowest BCUT2D eigenvalue weighted by atomic mass is 10.2. The fourth-order valence-electron chi connectivity index (χ4n) is 2.70. The van der Waals surface area contributed by atoms with Gasteiger partial charge in [-0.15, -0.1) is 10.2 Å². The number of amides is 2. The summed E-state index contributed by atoms with van der Waals surface area (Å²) in [7, 11) is 0. The number of rotatable bonds is 5. The molecule has 1 saturated carbocycles.